The normalized spacial score (nSPS) is 14.9. The number of nitrogens with two attached hydrogens (primary N) is 1. The fourth-order valence-electron chi connectivity index (χ4n) is 1.98. The van der Waals surface area contributed by atoms with Crippen molar-refractivity contribution in [3.63, 3.8) is 0 Å². The SMILES string of the molecule is CC(N)(c1ccc(F)cc1)c1cccc(C(F)(F)F)c1. The second-order valence-electron chi connectivity index (χ2n) is 4.79. The number of rotatable bonds is 2. The van der Waals surface area contributed by atoms with Crippen LogP contribution in [0.5, 0.6) is 0 Å². The third kappa shape index (κ3) is 2.82. The zero-order valence-electron chi connectivity index (χ0n) is 10.7. The predicted molar refractivity (Wildman–Crippen MR) is 68.5 cm³/mol. The third-order valence-electron chi connectivity index (χ3n) is 3.23. The van der Waals surface area contributed by atoms with Crippen LogP contribution in [0.3, 0.4) is 0 Å². The fourth-order valence-corrected chi connectivity index (χ4v) is 1.98. The minimum atomic E-state index is -4.42. The van der Waals surface area contributed by atoms with Gasteiger partial charge in [0.2, 0.25) is 0 Å². The Balaban J connectivity index is 2.46. The molecule has 2 N–H and O–H groups in total. The monoisotopic (exact) mass is 283 g/mol. The second-order valence-corrected chi connectivity index (χ2v) is 4.79. The van der Waals surface area contributed by atoms with Crippen LogP contribution >= 0.6 is 0 Å². The van der Waals surface area contributed by atoms with Gasteiger partial charge in [-0.05, 0) is 42.3 Å². The number of halogens is 4. The summed E-state index contributed by atoms with van der Waals surface area (Å²) in [6, 6.07) is 10.2. The number of alkyl halides is 3. The molecule has 2 aromatic carbocycles. The quantitative estimate of drug-likeness (QED) is 0.826. The van der Waals surface area contributed by atoms with Gasteiger partial charge in [0.15, 0.2) is 0 Å². The molecule has 2 aromatic rings. The Morgan fingerprint density at radius 1 is 0.850 bits per heavy atom. The van der Waals surface area contributed by atoms with Crippen molar-refractivity contribution in [3.8, 4) is 0 Å². The topological polar surface area (TPSA) is 26.0 Å². The van der Waals surface area contributed by atoms with Crippen LogP contribution in [-0.2, 0) is 11.7 Å². The Morgan fingerprint density at radius 2 is 1.40 bits per heavy atom. The summed E-state index contributed by atoms with van der Waals surface area (Å²) in [5, 5.41) is 0. The van der Waals surface area contributed by atoms with E-state index in [9.17, 15) is 17.6 Å². The van der Waals surface area contributed by atoms with Crippen LogP contribution in [0.25, 0.3) is 0 Å². The first-order valence-corrected chi connectivity index (χ1v) is 5.94. The van der Waals surface area contributed by atoms with E-state index in [4.69, 9.17) is 5.73 Å². The average Bonchev–Trinajstić information content (AvgIpc) is 2.38. The molecule has 0 amide bonds. The highest BCUT2D eigenvalue weighted by Crippen LogP contribution is 2.33. The molecule has 0 radical (unpaired) electrons. The molecule has 106 valence electrons. The lowest BCUT2D eigenvalue weighted by molar-refractivity contribution is -0.137. The largest absolute Gasteiger partial charge is 0.416 e. The van der Waals surface area contributed by atoms with Crippen LogP contribution < -0.4 is 5.73 Å². The maximum atomic E-state index is 12.9. The predicted octanol–water partition coefficient (Wildman–Crippen LogP) is 4.07. The molecule has 0 saturated carbocycles. The van der Waals surface area contributed by atoms with E-state index in [-0.39, 0.29) is 0 Å². The maximum absolute atomic E-state index is 12.9. The minimum Gasteiger partial charge on any atom is -0.318 e. The lowest BCUT2D eigenvalue weighted by Gasteiger charge is -2.26. The molecule has 0 fully saturated rings. The molecule has 1 atom stereocenters. The molecule has 5 heteroatoms. The van der Waals surface area contributed by atoms with Gasteiger partial charge in [-0.1, -0.05) is 24.3 Å². The van der Waals surface area contributed by atoms with Crippen LogP contribution in [-0.4, -0.2) is 0 Å². The smallest absolute Gasteiger partial charge is 0.318 e. The second kappa shape index (κ2) is 4.90. The Labute approximate surface area is 114 Å². The van der Waals surface area contributed by atoms with E-state index < -0.39 is 23.1 Å². The van der Waals surface area contributed by atoms with Gasteiger partial charge in [0.25, 0.3) is 0 Å². The fraction of sp³-hybridized carbons (Fsp3) is 0.200. The van der Waals surface area contributed by atoms with E-state index >= 15 is 0 Å². The summed E-state index contributed by atoms with van der Waals surface area (Å²) in [5.41, 5.74) is 5.10. The standard InChI is InChI=1S/C15H13F4N/c1-14(20,10-5-7-13(16)8-6-10)11-3-2-4-12(9-11)15(17,18)19/h2-9H,20H2,1H3. The van der Waals surface area contributed by atoms with Crippen molar-refractivity contribution in [2.45, 2.75) is 18.6 Å². The van der Waals surface area contributed by atoms with Gasteiger partial charge in [0.05, 0.1) is 11.1 Å². The van der Waals surface area contributed by atoms with Crippen molar-refractivity contribution >= 4 is 0 Å². The number of benzene rings is 2. The van der Waals surface area contributed by atoms with Gasteiger partial charge >= 0.3 is 6.18 Å². The Morgan fingerprint density at radius 3 is 1.95 bits per heavy atom. The molecule has 0 spiro atoms. The zero-order valence-corrected chi connectivity index (χ0v) is 10.7. The Bertz CT molecular complexity index is 600. The molecule has 0 saturated heterocycles. The van der Waals surface area contributed by atoms with Crippen molar-refractivity contribution in [1.82, 2.24) is 0 Å². The first-order valence-electron chi connectivity index (χ1n) is 5.94. The van der Waals surface area contributed by atoms with E-state index in [0.717, 1.165) is 12.1 Å². The van der Waals surface area contributed by atoms with E-state index in [0.29, 0.717) is 11.1 Å². The van der Waals surface area contributed by atoms with Gasteiger partial charge in [-0.3, -0.25) is 0 Å². The highest BCUT2D eigenvalue weighted by Gasteiger charge is 2.32. The van der Waals surface area contributed by atoms with Gasteiger partial charge in [-0.25, -0.2) is 4.39 Å². The molecule has 1 unspecified atom stereocenters. The van der Waals surface area contributed by atoms with E-state index in [2.05, 4.69) is 0 Å². The van der Waals surface area contributed by atoms with E-state index in [1.165, 1.54) is 36.4 Å². The lowest BCUT2D eigenvalue weighted by Crippen LogP contribution is -2.34. The van der Waals surface area contributed by atoms with Crippen LogP contribution in [0.1, 0.15) is 23.6 Å². The molecular formula is C15H13F4N. The summed E-state index contributed by atoms with van der Waals surface area (Å²) >= 11 is 0. The summed E-state index contributed by atoms with van der Waals surface area (Å²) in [5.74, 6) is -0.423. The van der Waals surface area contributed by atoms with Crippen LogP contribution in [0.4, 0.5) is 17.6 Å². The van der Waals surface area contributed by atoms with Crippen LogP contribution in [0.2, 0.25) is 0 Å². The molecule has 0 aromatic heterocycles. The van der Waals surface area contributed by atoms with Crippen molar-refractivity contribution in [3.05, 3.63) is 71.0 Å². The Kier molecular flexibility index (Phi) is 3.56. The van der Waals surface area contributed by atoms with Crippen molar-refractivity contribution in [1.29, 1.82) is 0 Å². The van der Waals surface area contributed by atoms with Gasteiger partial charge < -0.3 is 5.73 Å². The molecule has 0 aliphatic carbocycles. The van der Waals surface area contributed by atoms with Crippen LogP contribution in [0, 0.1) is 5.82 Å². The zero-order chi connectivity index (χ0) is 15.0. The van der Waals surface area contributed by atoms with E-state index in [1.807, 2.05) is 0 Å². The molecule has 1 nitrogen and oxygen atoms in total. The van der Waals surface area contributed by atoms with Gasteiger partial charge in [0.1, 0.15) is 5.82 Å². The summed E-state index contributed by atoms with van der Waals surface area (Å²) < 4.78 is 51.1. The maximum Gasteiger partial charge on any atom is 0.416 e. The summed E-state index contributed by atoms with van der Waals surface area (Å²) in [7, 11) is 0. The van der Waals surface area contributed by atoms with Gasteiger partial charge in [0, 0.05) is 0 Å². The summed E-state index contributed by atoms with van der Waals surface area (Å²) in [4.78, 5) is 0. The molecule has 0 heterocycles. The molecule has 0 bridgehead atoms. The highest BCUT2D eigenvalue weighted by molar-refractivity contribution is 5.39. The summed E-state index contributed by atoms with van der Waals surface area (Å²) in [6.07, 6.45) is -4.42. The molecular weight excluding hydrogens is 270 g/mol. The van der Waals surface area contributed by atoms with Crippen molar-refractivity contribution < 1.29 is 17.6 Å². The molecule has 0 aliphatic rings. The molecule has 0 aliphatic heterocycles. The number of hydrogen-bond donors (Lipinski definition) is 1. The average molecular weight is 283 g/mol. The Hall–Kier alpha value is -1.88. The lowest BCUT2D eigenvalue weighted by atomic mass is 9.85. The van der Waals surface area contributed by atoms with Crippen molar-refractivity contribution in [2.24, 2.45) is 5.73 Å². The van der Waals surface area contributed by atoms with E-state index in [1.54, 1.807) is 6.92 Å². The van der Waals surface area contributed by atoms with Crippen LogP contribution in [0.15, 0.2) is 48.5 Å². The third-order valence-corrected chi connectivity index (χ3v) is 3.23. The first-order chi connectivity index (χ1) is 9.21. The molecule has 20 heavy (non-hydrogen) atoms. The summed E-state index contributed by atoms with van der Waals surface area (Å²) in [6.45, 7) is 1.59. The highest BCUT2D eigenvalue weighted by atomic mass is 19.4. The number of hydrogen-bond acceptors (Lipinski definition) is 1. The van der Waals surface area contributed by atoms with Gasteiger partial charge in [-0.2, -0.15) is 13.2 Å². The van der Waals surface area contributed by atoms with Gasteiger partial charge in [-0.15, -0.1) is 0 Å². The first kappa shape index (κ1) is 14.5. The molecule has 2 rings (SSSR count). The minimum absolute atomic E-state index is 0.318. The van der Waals surface area contributed by atoms with Crippen molar-refractivity contribution in [2.75, 3.05) is 0 Å².